The molecule has 1 unspecified atom stereocenters. The Hall–Kier alpha value is -2.44. The Morgan fingerprint density at radius 1 is 1.20 bits per heavy atom. The maximum atomic E-state index is 11.4. The van der Waals surface area contributed by atoms with Gasteiger partial charge in [-0.25, -0.2) is 4.79 Å². The Bertz CT molecular complexity index is 643. The van der Waals surface area contributed by atoms with E-state index in [-0.39, 0.29) is 18.2 Å². The highest BCUT2D eigenvalue weighted by molar-refractivity contribution is 5.94. The van der Waals surface area contributed by atoms with Crippen LogP contribution in [0.25, 0.3) is 0 Å². The van der Waals surface area contributed by atoms with Crippen molar-refractivity contribution in [3.63, 3.8) is 0 Å². The van der Waals surface area contributed by atoms with Crippen LogP contribution in [0.1, 0.15) is 39.3 Å². The van der Waals surface area contributed by atoms with E-state index in [9.17, 15) is 4.79 Å². The summed E-state index contributed by atoms with van der Waals surface area (Å²) in [6.07, 6.45) is -0.427. The number of carbonyl (C=O) groups excluding carboxylic acids is 1. The first-order valence-corrected chi connectivity index (χ1v) is 8.41. The summed E-state index contributed by atoms with van der Waals surface area (Å²) in [5.41, 5.74) is 1.04. The van der Waals surface area contributed by atoms with Gasteiger partial charge in [0, 0.05) is 7.05 Å². The van der Waals surface area contributed by atoms with Crippen LogP contribution in [-0.4, -0.2) is 49.9 Å². The van der Waals surface area contributed by atoms with Gasteiger partial charge in [-0.15, -0.1) is 0 Å². The van der Waals surface area contributed by atoms with Gasteiger partial charge in [0.1, 0.15) is 0 Å². The second kappa shape index (κ2) is 8.09. The maximum absolute atomic E-state index is 11.4. The Kier molecular flexibility index (Phi) is 6.12. The Labute approximate surface area is 149 Å². The first-order valence-electron chi connectivity index (χ1n) is 8.41. The molecule has 1 aliphatic heterocycles. The van der Waals surface area contributed by atoms with Gasteiger partial charge in [0.25, 0.3) is 0 Å². The summed E-state index contributed by atoms with van der Waals surface area (Å²) >= 11 is 0. The molecule has 0 saturated heterocycles. The van der Waals surface area contributed by atoms with Gasteiger partial charge in [0.15, 0.2) is 11.5 Å². The number of carbonyl (C=O) groups is 1. The van der Waals surface area contributed by atoms with Crippen molar-refractivity contribution in [1.82, 2.24) is 10.2 Å². The Balaban J connectivity index is 2.21. The van der Waals surface area contributed by atoms with Crippen LogP contribution in [0.15, 0.2) is 23.2 Å². The summed E-state index contributed by atoms with van der Waals surface area (Å²) in [7, 11) is 3.21. The highest BCUT2D eigenvalue weighted by Crippen LogP contribution is 2.34. The number of amides is 1. The van der Waals surface area contributed by atoms with Gasteiger partial charge in [0.05, 0.1) is 31.9 Å². The lowest BCUT2D eigenvalue weighted by Gasteiger charge is -2.25. The van der Waals surface area contributed by atoms with Crippen LogP contribution >= 0.6 is 0 Å². The lowest BCUT2D eigenvalue weighted by molar-refractivity contribution is 0.175. The molecule has 1 N–H and O–H groups in total. The molecule has 1 aromatic rings. The van der Waals surface area contributed by atoms with Gasteiger partial charge in [0.2, 0.25) is 5.96 Å². The first kappa shape index (κ1) is 18.9. The number of hydrogen-bond donors (Lipinski definition) is 1. The zero-order chi connectivity index (χ0) is 18.6. The van der Waals surface area contributed by atoms with Crippen LogP contribution in [0.2, 0.25) is 0 Å². The summed E-state index contributed by atoms with van der Waals surface area (Å²) < 4.78 is 16.4. The highest BCUT2D eigenvalue weighted by Gasteiger charge is 2.28. The summed E-state index contributed by atoms with van der Waals surface area (Å²) in [6, 6.07) is 5.92. The molecule has 25 heavy (non-hydrogen) atoms. The predicted octanol–water partition coefficient (Wildman–Crippen LogP) is 2.96. The number of alkyl carbamates (subject to hydrolysis) is 1. The largest absolute Gasteiger partial charge is 0.487 e. The van der Waals surface area contributed by atoms with E-state index in [1.807, 2.05) is 57.8 Å². The van der Waals surface area contributed by atoms with Crippen molar-refractivity contribution >= 4 is 12.1 Å². The second-order valence-electron chi connectivity index (χ2n) is 6.45. The molecule has 7 nitrogen and oxygen atoms in total. The quantitative estimate of drug-likeness (QED) is 0.885. The van der Waals surface area contributed by atoms with Crippen LogP contribution in [-0.2, 0) is 4.74 Å². The number of rotatable bonds is 5. The molecular weight excluding hydrogens is 322 g/mol. The predicted molar refractivity (Wildman–Crippen MR) is 96.3 cm³/mol. The number of benzene rings is 1. The lowest BCUT2D eigenvalue weighted by Crippen LogP contribution is -2.40. The molecule has 0 fully saturated rings. The fourth-order valence-corrected chi connectivity index (χ4v) is 2.58. The third-order valence-electron chi connectivity index (χ3n) is 3.69. The summed E-state index contributed by atoms with van der Waals surface area (Å²) in [4.78, 5) is 17.7. The standard InChI is InChI=1S/C18H27N3O4/c1-11(2)24-15-8-7-13(9-16(15)25-12(3)4)14-10-19-17(21(14)5)20-18(22)23-6/h7-9,11-12,14H,10H2,1-6H3,(H,19,20,22). The summed E-state index contributed by atoms with van der Waals surface area (Å²) in [5, 5.41) is 2.62. The number of likely N-dealkylation sites (N-methyl/N-ethyl adjacent to an activating group) is 1. The van der Waals surface area contributed by atoms with Gasteiger partial charge >= 0.3 is 6.09 Å². The SMILES string of the molecule is COC(=O)NC1=NCC(c2ccc(OC(C)C)c(OC(C)C)c2)N1C. The molecule has 138 valence electrons. The minimum Gasteiger partial charge on any atom is -0.487 e. The summed E-state index contributed by atoms with van der Waals surface area (Å²) in [6.45, 7) is 8.47. The normalized spacial score (nSPS) is 16.9. The number of methoxy groups -OCH3 is 1. The average Bonchev–Trinajstić information content (AvgIpc) is 2.89. The van der Waals surface area contributed by atoms with Crippen molar-refractivity contribution in [3.05, 3.63) is 23.8 Å². The molecule has 0 aromatic heterocycles. The van der Waals surface area contributed by atoms with E-state index in [1.54, 1.807) is 0 Å². The monoisotopic (exact) mass is 349 g/mol. The van der Waals surface area contributed by atoms with E-state index in [1.165, 1.54) is 7.11 Å². The van der Waals surface area contributed by atoms with Crippen molar-refractivity contribution in [3.8, 4) is 11.5 Å². The fraction of sp³-hybridized carbons (Fsp3) is 0.556. The molecule has 1 aromatic carbocycles. The first-order chi connectivity index (χ1) is 11.8. The minimum absolute atomic E-state index is 0.00904. The molecule has 0 aliphatic carbocycles. The maximum Gasteiger partial charge on any atom is 0.413 e. The van der Waals surface area contributed by atoms with Gasteiger partial charge in [-0.2, -0.15) is 0 Å². The Morgan fingerprint density at radius 3 is 2.44 bits per heavy atom. The molecule has 0 bridgehead atoms. The number of hydrogen-bond acceptors (Lipinski definition) is 6. The number of nitrogens with zero attached hydrogens (tertiary/aromatic N) is 2. The minimum atomic E-state index is -0.532. The van der Waals surface area contributed by atoms with Crippen LogP contribution in [0.4, 0.5) is 4.79 Å². The molecule has 0 radical (unpaired) electrons. The third kappa shape index (κ3) is 4.78. The molecule has 2 rings (SSSR count). The molecule has 1 amide bonds. The van der Waals surface area contributed by atoms with E-state index in [0.29, 0.717) is 18.3 Å². The number of guanidine groups is 1. The van der Waals surface area contributed by atoms with Crippen LogP contribution in [0.5, 0.6) is 11.5 Å². The smallest absolute Gasteiger partial charge is 0.413 e. The average molecular weight is 349 g/mol. The van der Waals surface area contributed by atoms with Crippen molar-refractivity contribution in [1.29, 1.82) is 0 Å². The summed E-state index contributed by atoms with van der Waals surface area (Å²) in [5.74, 6) is 1.93. The van der Waals surface area contributed by atoms with Crippen LogP contribution in [0.3, 0.4) is 0 Å². The van der Waals surface area contributed by atoms with Crippen molar-refractivity contribution < 1.29 is 19.0 Å². The van der Waals surface area contributed by atoms with E-state index in [2.05, 4.69) is 15.0 Å². The topological polar surface area (TPSA) is 72.4 Å². The highest BCUT2D eigenvalue weighted by atomic mass is 16.5. The second-order valence-corrected chi connectivity index (χ2v) is 6.45. The van der Waals surface area contributed by atoms with E-state index in [4.69, 9.17) is 9.47 Å². The Morgan fingerprint density at radius 2 is 1.84 bits per heavy atom. The molecule has 0 saturated carbocycles. The zero-order valence-corrected chi connectivity index (χ0v) is 15.7. The third-order valence-corrected chi connectivity index (χ3v) is 3.69. The van der Waals surface area contributed by atoms with Gasteiger partial charge in [-0.05, 0) is 45.4 Å². The van der Waals surface area contributed by atoms with Crippen molar-refractivity contribution in [2.75, 3.05) is 20.7 Å². The zero-order valence-electron chi connectivity index (χ0n) is 15.7. The molecule has 0 spiro atoms. The van der Waals surface area contributed by atoms with Gasteiger partial charge in [-0.3, -0.25) is 10.3 Å². The molecule has 7 heteroatoms. The fourth-order valence-electron chi connectivity index (χ4n) is 2.58. The molecule has 1 heterocycles. The number of nitrogens with one attached hydrogen (secondary N) is 1. The molecule has 1 atom stereocenters. The lowest BCUT2D eigenvalue weighted by atomic mass is 10.1. The van der Waals surface area contributed by atoms with Crippen molar-refractivity contribution in [2.24, 2.45) is 4.99 Å². The van der Waals surface area contributed by atoms with E-state index >= 15 is 0 Å². The molecule has 1 aliphatic rings. The van der Waals surface area contributed by atoms with E-state index in [0.717, 1.165) is 11.3 Å². The van der Waals surface area contributed by atoms with E-state index < -0.39 is 6.09 Å². The van der Waals surface area contributed by atoms with Crippen molar-refractivity contribution in [2.45, 2.75) is 45.9 Å². The van der Waals surface area contributed by atoms with Gasteiger partial charge in [-0.1, -0.05) is 6.07 Å². The van der Waals surface area contributed by atoms with Crippen LogP contribution < -0.4 is 14.8 Å². The number of ether oxygens (including phenoxy) is 3. The van der Waals surface area contributed by atoms with Gasteiger partial charge < -0.3 is 19.1 Å². The molecular formula is C18H27N3O4. The van der Waals surface area contributed by atoms with Crippen LogP contribution in [0, 0.1) is 0 Å². The number of aliphatic imine (C=N–C) groups is 1.